The first-order valence-corrected chi connectivity index (χ1v) is 7.20. The van der Waals surface area contributed by atoms with Crippen molar-refractivity contribution in [2.45, 2.75) is 32.2 Å². The van der Waals surface area contributed by atoms with E-state index < -0.39 is 5.54 Å². The Kier molecular flexibility index (Phi) is 3.25. The summed E-state index contributed by atoms with van der Waals surface area (Å²) < 4.78 is 19.0. The Balaban J connectivity index is 2.21. The number of nitrogens with two attached hydrogens (primary N) is 1. The Morgan fingerprint density at radius 1 is 1.14 bits per heavy atom. The molecule has 1 unspecified atom stereocenters. The number of aryl methyl sites for hydroxylation is 2. The highest BCUT2D eigenvalue weighted by Crippen LogP contribution is 2.44. The monoisotopic (exact) mass is 285 g/mol. The average molecular weight is 285 g/mol. The number of fused-ring (bicyclic) bond motifs is 1. The van der Waals surface area contributed by atoms with Crippen molar-refractivity contribution in [3.63, 3.8) is 0 Å². The topological polar surface area (TPSA) is 35.2 Å². The molecule has 1 atom stereocenters. The largest absolute Gasteiger partial charge is 0.496 e. The first-order valence-electron chi connectivity index (χ1n) is 7.20. The lowest BCUT2D eigenvalue weighted by Gasteiger charge is -2.29. The van der Waals surface area contributed by atoms with Gasteiger partial charge in [-0.1, -0.05) is 18.2 Å². The van der Waals surface area contributed by atoms with E-state index >= 15 is 0 Å². The van der Waals surface area contributed by atoms with Crippen LogP contribution in [-0.4, -0.2) is 7.11 Å². The second-order valence-electron chi connectivity index (χ2n) is 5.86. The minimum absolute atomic E-state index is 0.204. The molecule has 0 heterocycles. The third-order valence-corrected chi connectivity index (χ3v) is 4.70. The summed E-state index contributed by atoms with van der Waals surface area (Å²) in [6.45, 7) is 4.10. The summed E-state index contributed by atoms with van der Waals surface area (Å²) in [5, 5.41) is 0. The predicted octanol–water partition coefficient (Wildman–Crippen LogP) is 3.60. The molecule has 0 amide bonds. The van der Waals surface area contributed by atoms with Gasteiger partial charge in [0, 0.05) is 5.56 Å². The van der Waals surface area contributed by atoms with Gasteiger partial charge in [0.2, 0.25) is 0 Å². The van der Waals surface area contributed by atoms with Crippen molar-refractivity contribution in [2.75, 3.05) is 7.11 Å². The van der Waals surface area contributed by atoms with Gasteiger partial charge in [-0.3, -0.25) is 0 Å². The SMILES string of the molecule is COc1c(C2(N)CCc3cc(F)ccc32)ccc(C)c1C. The summed E-state index contributed by atoms with van der Waals surface area (Å²) in [4.78, 5) is 0. The Bertz CT molecular complexity index is 711. The zero-order valence-electron chi connectivity index (χ0n) is 12.7. The summed E-state index contributed by atoms with van der Waals surface area (Å²) in [6.07, 6.45) is 1.56. The summed E-state index contributed by atoms with van der Waals surface area (Å²) >= 11 is 0. The van der Waals surface area contributed by atoms with Crippen LogP contribution in [0.1, 0.15) is 34.2 Å². The highest BCUT2D eigenvalue weighted by molar-refractivity contribution is 5.55. The number of rotatable bonds is 2. The van der Waals surface area contributed by atoms with E-state index in [4.69, 9.17) is 10.5 Å². The summed E-state index contributed by atoms with van der Waals surface area (Å²) in [5.41, 5.74) is 11.4. The van der Waals surface area contributed by atoms with Crippen LogP contribution in [0.2, 0.25) is 0 Å². The zero-order valence-corrected chi connectivity index (χ0v) is 12.7. The van der Waals surface area contributed by atoms with Crippen molar-refractivity contribution in [1.82, 2.24) is 0 Å². The van der Waals surface area contributed by atoms with Crippen molar-refractivity contribution < 1.29 is 9.13 Å². The van der Waals surface area contributed by atoms with Crippen molar-refractivity contribution in [3.8, 4) is 5.75 Å². The van der Waals surface area contributed by atoms with Crippen LogP contribution in [0.25, 0.3) is 0 Å². The van der Waals surface area contributed by atoms with E-state index in [2.05, 4.69) is 13.0 Å². The standard InChI is InChI=1S/C18H20FNO/c1-11-4-6-16(17(21-3)12(11)2)18(20)9-8-13-10-14(19)5-7-15(13)18/h4-7,10H,8-9,20H2,1-3H3. The van der Waals surface area contributed by atoms with E-state index in [1.54, 1.807) is 13.2 Å². The smallest absolute Gasteiger partial charge is 0.127 e. The molecule has 1 aliphatic rings. The number of halogens is 1. The molecule has 0 bridgehead atoms. The molecule has 3 heteroatoms. The maximum absolute atomic E-state index is 13.4. The third kappa shape index (κ3) is 2.04. The summed E-state index contributed by atoms with van der Waals surface area (Å²) in [6, 6.07) is 9.01. The van der Waals surface area contributed by atoms with Crippen molar-refractivity contribution in [2.24, 2.45) is 5.73 Å². The normalized spacial score (nSPS) is 20.4. The lowest BCUT2D eigenvalue weighted by atomic mass is 9.83. The van der Waals surface area contributed by atoms with Crippen molar-refractivity contribution >= 4 is 0 Å². The Morgan fingerprint density at radius 2 is 1.86 bits per heavy atom. The molecule has 21 heavy (non-hydrogen) atoms. The Hall–Kier alpha value is -1.87. The fraction of sp³-hybridized carbons (Fsp3) is 0.333. The lowest BCUT2D eigenvalue weighted by molar-refractivity contribution is 0.390. The van der Waals surface area contributed by atoms with Crippen LogP contribution >= 0.6 is 0 Å². The average Bonchev–Trinajstić information content (AvgIpc) is 2.79. The second kappa shape index (κ2) is 4.85. The minimum Gasteiger partial charge on any atom is -0.496 e. The van der Waals surface area contributed by atoms with E-state index in [1.165, 1.54) is 11.6 Å². The van der Waals surface area contributed by atoms with Gasteiger partial charge in [0.25, 0.3) is 0 Å². The number of hydrogen-bond donors (Lipinski definition) is 1. The molecule has 0 spiro atoms. The molecular formula is C18H20FNO. The maximum Gasteiger partial charge on any atom is 0.127 e. The fourth-order valence-electron chi connectivity index (χ4n) is 3.36. The number of ether oxygens (including phenoxy) is 1. The molecule has 0 saturated carbocycles. The van der Waals surface area contributed by atoms with Crippen LogP contribution in [-0.2, 0) is 12.0 Å². The van der Waals surface area contributed by atoms with Crippen LogP contribution < -0.4 is 10.5 Å². The molecule has 3 rings (SSSR count). The molecule has 0 radical (unpaired) electrons. The van der Waals surface area contributed by atoms with Gasteiger partial charge in [-0.05, 0) is 61.1 Å². The highest BCUT2D eigenvalue weighted by atomic mass is 19.1. The van der Waals surface area contributed by atoms with Crippen molar-refractivity contribution in [3.05, 3.63) is 64.0 Å². The molecule has 0 fully saturated rings. The van der Waals surface area contributed by atoms with Gasteiger partial charge in [0.15, 0.2) is 0 Å². The van der Waals surface area contributed by atoms with Gasteiger partial charge in [-0.15, -0.1) is 0 Å². The first kappa shape index (κ1) is 14.1. The molecule has 2 aromatic carbocycles. The molecule has 1 aliphatic carbocycles. The Labute approximate surface area is 124 Å². The fourth-order valence-corrected chi connectivity index (χ4v) is 3.36. The van der Waals surface area contributed by atoms with Gasteiger partial charge >= 0.3 is 0 Å². The van der Waals surface area contributed by atoms with Crippen LogP contribution in [0.3, 0.4) is 0 Å². The molecule has 110 valence electrons. The number of hydrogen-bond acceptors (Lipinski definition) is 2. The van der Waals surface area contributed by atoms with E-state index in [0.29, 0.717) is 0 Å². The number of benzene rings is 2. The van der Waals surface area contributed by atoms with Crippen LogP contribution in [0, 0.1) is 19.7 Å². The molecular weight excluding hydrogens is 265 g/mol. The second-order valence-corrected chi connectivity index (χ2v) is 5.86. The zero-order chi connectivity index (χ0) is 15.2. The lowest BCUT2D eigenvalue weighted by Crippen LogP contribution is -2.36. The summed E-state index contributed by atoms with van der Waals surface area (Å²) in [7, 11) is 1.68. The van der Waals surface area contributed by atoms with Crippen LogP contribution in [0.5, 0.6) is 5.75 Å². The van der Waals surface area contributed by atoms with E-state index in [1.807, 2.05) is 19.1 Å². The third-order valence-electron chi connectivity index (χ3n) is 4.70. The Morgan fingerprint density at radius 3 is 2.57 bits per heavy atom. The van der Waals surface area contributed by atoms with Gasteiger partial charge < -0.3 is 10.5 Å². The van der Waals surface area contributed by atoms with Crippen molar-refractivity contribution in [1.29, 1.82) is 0 Å². The van der Waals surface area contributed by atoms with Gasteiger partial charge in [0.05, 0.1) is 12.6 Å². The minimum atomic E-state index is -0.604. The van der Waals surface area contributed by atoms with Crippen LogP contribution in [0.15, 0.2) is 30.3 Å². The molecule has 0 saturated heterocycles. The van der Waals surface area contributed by atoms with Gasteiger partial charge in [-0.25, -0.2) is 4.39 Å². The molecule has 2 nitrogen and oxygen atoms in total. The van der Waals surface area contributed by atoms with E-state index in [-0.39, 0.29) is 5.82 Å². The molecule has 2 N–H and O–H groups in total. The van der Waals surface area contributed by atoms with E-state index in [0.717, 1.165) is 40.8 Å². The molecule has 0 aliphatic heterocycles. The maximum atomic E-state index is 13.4. The predicted molar refractivity (Wildman–Crippen MR) is 82.2 cm³/mol. The first-order chi connectivity index (χ1) is 9.97. The number of methoxy groups -OCH3 is 1. The van der Waals surface area contributed by atoms with Gasteiger partial charge in [0.1, 0.15) is 11.6 Å². The summed E-state index contributed by atoms with van der Waals surface area (Å²) in [5.74, 6) is 0.639. The van der Waals surface area contributed by atoms with Gasteiger partial charge in [-0.2, -0.15) is 0 Å². The van der Waals surface area contributed by atoms with E-state index in [9.17, 15) is 4.39 Å². The molecule has 0 aromatic heterocycles. The highest BCUT2D eigenvalue weighted by Gasteiger charge is 2.39. The quantitative estimate of drug-likeness (QED) is 0.915. The molecule has 2 aromatic rings. The van der Waals surface area contributed by atoms with Crippen LogP contribution in [0.4, 0.5) is 4.39 Å².